The summed E-state index contributed by atoms with van der Waals surface area (Å²) in [6.45, 7) is 2.05. The molecule has 5 nitrogen and oxygen atoms in total. The molecule has 1 aromatic heterocycles. The Labute approximate surface area is 113 Å². The zero-order valence-electron chi connectivity index (χ0n) is 11.1. The average molecular weight is 274 g/mol. The second-order valence-electron chi connectivity index (χ2n) is 4.39. The lowest BCUT2D eigenvalue weighted by Gasteiger charge is -2.11. The van der Waals surface area contributed by atoms with Crippen molar-refractivity contribution in [2.45, 2.75) is 19.4 Å². The first kappa shape index (κ1) is 15.1. The number of ether oxygens (including phenoxy) is 1. The summed E-state index contributed by atoms with van der Waals surface area (Å²) >= 11 is 6.02. The van der Waals surface area contributed by atoms with Crippen LogP contribution in [0.15, 0.2) is 6.20 Å². The van der Waals surface area contributed by atoms with Crippen molar-refractivity contribution in [1.29, 1.82) is 0 Å². The van der Waals surface area contributed by atoms with Crippen LogP contribution in [0.4, 0.5) is 0 Å². The Kier molecular flexibility index (Phi) is 6.32. The van der Waals surface area contributed by atoms with Crippen molar-refractivity contribution in [1.82, 2.24) is 14.7 Å². The number of carbonyl (C=O) groups is 1. The zero-order valence-corrected chi connectivity index (χ0v) is 11.9. The predicted octanol–water partition coefficient (Wildman–Crippen LogP) is 1.71. The number of carbonyl (C=O) groups excluding carboxylic acids is 1. The van der Waals surface area contributed by atoms with Crippen LogP contribution in [-0.2, 0) is 11.3 Å². The molecule has 0 aliphatic heterocycles. The van der Waals surface area contributed by atoms with E-state index in [1.807, 2.05) is 19.0 Å². The summed E-state index contributed by atoms with van der Waals surface area (Å²) in [5, 5.41) is 4.57. The summed E-state index contributed by atoms with van der Waals surface area (Å²) in [4.78, 5) is 14.1. The maximum atomic E-state index is 12.1. The zero-order chi connectivity index (χ0) is 13.5. The maximum absolute atomic E-state index is 12.1. The van der Waals surface area contributed by atoms with Crippen molar-refractivity contribution < 1.29 is 9.53 Å². The Bertz CT molecular complexity index is 391. The molecule has 18 heavy (non-hydrogen) atoms. The maximum Gasteiger partial charge on any atom is 0.182 e. The van der Waals surface area contributed by atoms with Gasteiger partial charge in [-0.2, -0.15) is 5.10 Å². The summed E-state index contributed by atoms with van der Waals surface area (Å²) < 4.78 is 6.61. The second kappa shape index (κ2) is 7.51. The molecule has 6 heteroatoms. The van der Waals surface area contributed by atoms with E-state index in [1.165, 1.54) is 6.20 Å². The number of methoxy groups -OCH3 is 1. The van der Waals surface area contributed by atoms with Gasteiger partial charge in [-0.3, -0.25) is 9.48 Å². The van der Waals surface area contributed by atoms with E-state index >= 15 is 0 Å². The predicted molar refractivity (Wildman–Crippen MR) is 71.2 cm³/mol. The first-order chi connectivity index (χ1) is 8.56. The van der Waals surface area contributed by atoms with E-state index in [0.29, 0.717) is 36.7 Å². The number of nitrogens with zero attached hydrogens (tertiary/aromatic N) is 3. The molecule has 102 valence electrons. The van der Waals surface area contributed by atoms with Gasteiger partial charge in [0.2, 0.25) is 0 Å². The van der Waals surface area contributed by atoms with E-state index in [4.69, 9.17) is 16.3 Å². The van der Waals surface area contributed by atoms with Crippen LogP contribution < -0.4 is 0 Å². The van der Waals surface area contributed by atoms with E-state index in [-0.39, 0.29) is 5.78 Å². The first-order valence-corrected chi connectivity index (χ1v) is 6.32. The molecule has 0 N–H and O–H groups in total. The Hall–Kier alpha value is -0.910. The Morgan fingerprint density at radius 2 is 2.28 bits per heavy atom. The molecule has 0 saturated heterocycles. The minimum atomic E-state index is 0.0216. The van der Waals surface area contributed by atoms with Gasteiger partial charge in [-0.15, -0.1) is 0 Å². The van der Waals surface area contributed by atoms with Crippen molar-refractivity contribution >= 4 is 17.4 Å². The highest BCUT2D eigenvalue weighted by Crippen LogP contribution is 2.17. The molecular formula is C12H20ClN3O2. The lowest BCUT2D eigenvalue weighted by molar-refractivity contribution is 0.0952. The van der Waals surface area contributed by atoms with Crippen molar-refractivity contribution in [2.24, 2.45) is 0 Å². The van der Waals surface area contributed by atoms with Gasteiger partial charge in [0.05, 0.1) is 17.8 Å². The van der Waals surface area contributed by atoms with Gasteiger partial charge in [-0.05, 0) is 20.5 Å². The Morgan fingerprint density at radius 3 is 2.89 bits per heavy atom. The number of rotatable bonds is 8. The van der Waals surface area contributed by atoms with E-state index in [9.17, 15) is 4.79 Å². The molecule has 1 heterocycles. The number of hydrogen-bond donors (Lipinski definition) is 0. The van der Waals surface area contributed by atoms with Crippen LogP contribution in [0, 0.1) is 0 Å². The smallest absolute Gasteiger partial charge is 0.182 e. The van der Waals surface area contributed by atoms with Gasteiger partial charge in [-0.1, -0.05) is 11.6 Å². The molecule has 0 radical (unpaired) electrons. The van der Waals surface area contributed by atoms with Crippen molar-refractivity contribution in [3.05, 3.63) is 16.9 Å². The number of halogens is 1. The molecule has 0 unspecified atom stereocenters. The topological polar surface area (TPSA) is 47.4 Å². The Balaban J connectivity index is 2.67. The molecular weight excluding hydrogens is 254 g/mol. The summed E-state index contributed by atoms with van der Waals surface area (Å²) in [7, 11) is 5.58. The van der Waals surface area contributed by atoms with Crippen LogP contribution in [-0.4, -0.2) is 54.8 Å². The lowest BCUT2D eigenvalue weighted by Crippen LogP contribution is -2.21. The molecule has 0 saturated carbocycles. The number of ketones is 1. The minimum absolute atomic E-state index is 0.0216. The summed E-state index contributed by atoms with van der Waals surface area (Å²) in [5.41, 5.74) is 0.509. The summed E-state index contributed by atoms with van der Waals surface area (Å²) in [5.74, 6) is 0.0216. The Morgan fingerprint density at radius 1 is 1.56 bits per heavy atom. The lowest BCUT2D eigenvalue weighted by atomic mass is 10.1. The third-order valence-electron chi connectivity index (χ3n) is 2.57. The molecule has 0 aromatic carbocycles. The fourth-order valence-electron chi connectivity index (χ4n) is 1.60. The van der Waals surface area contributed by atoms with Crippen LogP contribution in [0.25, 0.3) is 0 Å². The van der Waals surface area contributed by atoms with Gasteiger partial charge in [0.15, 0.2) is 5.78 Å². The highest BCUT2D eigenvalue weighted by molar-refractivity contribution is 6.33. The number of Topliss-reactive ketones (excluding diaryl/α,β-unsaturated/α-hetero) is 1. The van der Waals surface area contributed by atoms with Gasteiger partial charge in [0, 0.05) is 26.7 Å². The first-order valence-electron chi connectivity index (χ1n) is 5.94. The third-order valence-corrected chi connectivity index (χ3v) is 2.85. The summed E-state index contributed by atoms with van der Waals surface area (Å²) in [6, 6.07) is 0. The van der Waals surface area contributed by atoms with E-state index in [0.717, 1.165) is 6.54 Å². The molecule has 0 aliphatic rings. The van der Waals surface area contributed by atoms with E-state index < -0.39 is 0 Å². The van der Waals surface area contributed by atoms with Crippen LogP contribution >= 0.6 is 11.6 Å². The standard InChI is InChI=1S/C12H20ClN3O2/c1-15(2)6-7-16-12(10(13)9-14-16)11(17)5-4-8-18-3/h9H,4-8H2,1-3H3. The monoisotopic (exact) mass is 273 g/mol. The quantitative estimate of drug-likeness (QED) is 0.534. The fraction of sp³-hybridized carbons (Fsp3) is 0.667. The van der Waals surface area contributed by atoms with E-state index in [1.54, 1.807) is 11.8 Å². The normalized spacial score (nSPS) is 11.2. The number of aromatic nitrogens is 2. The average Bonchev–Trinajstić information content (AvgIpc) is 2.68. The largest absolute Gasteiger partial charge is 0.385 e. The van der Waals surface area contributed by atoms with Crippen molar-refractivity contribution in [3.8, 4) is 0 Å². The second-order valence-corrected chi connectivity index (χ2v) is 4.79. The number of hydrogen-bond acceptors (Lipinski definition) is 4. The van der Waals surface area contributed by atoms with Gasteiger partial charge in [0.25, 0.3) is 0 Å². The fourth-order valence-corrected chi connectivity index (χ4v) is 1.85. The SMILES string of the molecule is COCCCC(=O)c1c(Cl)cnn1CCN(C)C. The van der Waals surface area contributed by atoms with Gasteiger partial charge in [-0.25, -0.2) is 0 Å². The molecule has 0 aliphatic carbocycles. The third kappa shape index (κ3) is 4.40. The molecule has 1 aromatic rings. The molecule has 0 amide bonds. The van der Waals surface area contributed by atoms with Crippen molar-refractivity contribution in [2.75, 3.05) is 34.4 Å². The van der Waals surface area contributed by atoms with Crippen LogP contribution in [0.2, 0.25) is 5.02 Å². The molecule has 0 fully saturated rings. The number of likely N-dealkylation sites (N-methyl/N-ethyl adjacent to an activating group) is 1. The molecule has 1 rings (SSSR count). The minimum Gasteiger partial charge on any atom is -0.385 e. The van der Waals surface area contributed by atoms with E-state index in [2.05, 4.69) is 5.10 Å². The van der Waals surface area contributed by atoms with Crippen LogP contribution in [0.1, 0.15) is 23.3 Å². The highest BCUT2D eigenvalue weighted by atomic mass is 35.5. The molecule has 0 spiro atoms. The molecule has 0 atom stereocenters. The van der Waals surface area contributed by atoms with Crippen LogP contribution in [0.3, 0.4) is 0 Å². The van der Waals surface area contributed by atoms with Gasteiger partial charge in [0.1, 0.15) is 5.69 Å². The van der Waals surface area contributed by atoms with Crippen LogP contribution in [0.5, 0.6) is 0 Å². The summed E-state index contributed by atoms with van der Waals surface area (Å²) in [6.07, 6.45) is 2.66. The van der Waals surface area contributed by atoms with Crippen molar-refractivity contribution in [3.63, 3.8) is 0 Å². The van der Waals surface area contributed by atoms with Gasteiger partial charge >= 0.3 is 0 Å². The molecule has 0 bridgehead atoms. The van der Waals surface area contributed by atoms with Gasteiger partial charge < -0.3 is 9.64 Å². The highest BCUT2D eigenvalue weighted by Gasteiger charge is 2.16.